The zero-order valence-electron chi connectivity index (χ0n) is 8.29. The van der Waals surface area contributed by atoms with Crippen molar-refractivity contribution in [3.8, 4) is 0 Å². The van der Waals surface area contributed by atoms with E-state index in [1.54, 1.807) is 12.3 Å². The monoisotopic (exact) mass is 235 g/mol. The number of carbonyl (C=O) groups is 1. The van der Waals surface area contributed by atoms with Gasteiger partial charge >= 0.3 is 5.97 Å². The van der Waals surface area contributed by atoms with Gasteiger partial charge in [-0.25, -0.2) is 9.78 Å². The lowest BCUT2D eigenvalue weighted by molar-refractivity contribution is 0.0696. The van der Waals surface area contributed by atoms with Gasteiger partial charge in [-0.05, 0) is 24.3 Å². The van der Waals surface area contributed by atoms with Gasteiger partial charge in [0, 0.05) is 6.20 Å². The lowest BCUT2D eigenvalue weighted by Crippen LogP contribution is -1.96. The van der Waals surface area contributed by atoms with Crippen molar-refractivity contribution < 1.29 is 14.3 Å². The maximum atomic E-state index is 10.7. The average Bonchev–Trinajstić information content (AvgIpc) is 2.79. The van der Waals surface area contributed by atoms with Crippen LogP contribution in [0.3, 0.4) is 0 Å². The van der Waals surface area contributed by atoms with Crippen molar-refractivity contribution in [1.82, 2.24) is 4.98 Å². The van der Waals surface area contributed by atoms with E-state index in [2.05, 4.69) is 4.98 Å². The van der Waals surface area contributed by atoms with Crippen molar-refractivity contribution in [1.29, 1.82) is 0 Å². The summed E-state index contributed by atoms with van der Waals surface area (Å²) >= 11 is 1.44. The minimum atomic E-state index is -0.942. The van der Waals surface area contributed by atoms with Crippen LogP contribution in [0.15, 0.2) is 46.2 Å². The van der Waals surface area contributed by atoms with Gasteiger partial charge in [-0.1, -0.05) is 11.8 Å². The summed E-state index contributed by atoms with van der Waals surface area (Å²) in [6.45, 7) is 0. The zero-order chi connectivity index (χ0) is 11.4. The molecule has 0 aliphatic heterocycles. The van der Waals surface area contributed by atoms with Crippen LogP contribution < -0.4 is 0 Å². The Labute approximate surface area is 96.3 Å². The molecule has 0 aliphatic rings. The first kappa shape index (κ1) is 10.8. The Morgan fingerprint density at radius 1 is 1.50 bits per heavy atom. The minimum Gasteiger partial charge on any atom is -0.478 e. The molecule has 2 rings (SSSR count). The number of aromatic nitrogens is 1. The fourth-order valence-corrected chi connectivity index (χ4v) is 1.96. The van der Waals surface area contributed by atoms with Gasteiger partial charge in [0.1, 0.15) is 5.76 Å². The minimum absolute atomic E-state index is 0.247. The van der Waals surface area contributed by atoms with Crippen LogP contribution >= 0.6 is 11.8 Å². The second-order valence-corrected chi connectivity index (χ2v) is 4.05. The van der Waals surface area contributed by atoms with Crippen molar-refractivity contribution in [2.75, 3.05) is 0 Å². The predicted octanol–water partition coefficient (Wildman–Crippen LogP) is 2.67. The van der Waals surface area contributed by atoms with Crippen LogP contribution in [0.2, 0.25) is 0 Å². The van der Waals surface area contributed by atoms with E-state index >= 15 is 0 Å². The van der Waals surface area contributed by atoms with Crippen LogP contribution in [0.5, 0.6) is 0 Å². The number of carboxylic acid groups (broad SMARTS) is 1. The molecule has 16 heavy (non-hydrogen) atoms. The van der Waals surface area contributed by atoms with Gasteiger partial charge in [-0.3, -0.25) is 0 Å². The van der Waals surface area contributed by atoms with E-state index in [-0.39, 0.29) is 5.56 Å². The third-order valence-corrected chi connectivity index (χ3v) is 2.87. The maximum absolute atomic E-state index is 10.7. The number of carboxylic acids is 1. The van der Waals surface area contributed by atoms with Crippen LogP contribution in [-0.2, 0) is 5.75 Å². The first-order valence-corrected chi connectivity index (χ1v) is 5.59. The lowest BCUT2D eigenvalue weighted by atomic mass is 10.3. The van der Waals surface area contributed by atoms with E-state index in [0.29, 0.717) is 10.8 Å². The van der Waals surface area contributed by atoms with Gasteiger partial charge in [0.05, 0.1) is 22.6 Å². The lowest BCUT2D eigenvalue weighted by Gasteiger charge is -1.99. The van der Waals surface area contributed by atoms with Crippen molar-refractivity contribution in [2.45, 2.75) is 10.8 Å². The van der Waals surface area contributed by atoms with E-state index in [4.69, 9.17) is 9.52 Å². The van der Waals surface area contributed by atoms with Crippen LogP contribution in [-0.4, -0.2) is 16.1 Å². The molecule has 2 aromatic heterocycles. The molecule has 0 saturated heterocycles. The summed E-state index contributed by atoms with van der Waals surface area (Å²) in [4.78, 5) is 14.8. The van der Waals surface area contributed by atoms with Gasteiger partial charge in [0.25, 0.3) is 0 Å². The molecule has 0 fully saturated rings. The van der Waals surface area contributed by atoms with Crippen molar-refractivity contribution in [3.05, 3.63) is 48.0 Å². The molecule has 0 unspecified atom stereocenters. The summed E-state index contributed by atoms with van der Waals surface area (Å²) in [5, 5.41) is 9.48. The predicted molar refractivity (Wildman–Crippen MR) is 59.5 cm³/mol. The molecular weight excluding hydrogens is 226 g/mol. The molecule has 2 aromatic rings. The standard InChI is InChI=1S/C11H9NO3S/c13-11(14)8-3-4-12-10(6-8)16-7-9-2-1-5-15-9/h1-6H,7H2,(H,13,14). The summed E-state index contributed by atoms with van der Waals surface area (Å²) in [6, 6.07) is 6.71. The second kappa shape index (κ2) is 4.85. The molecule has 2 heterocycles. The maximum Gasteiger partial charge on any atom is 0.335 e. The molecule has 0 radical (unpaired) electrons. The number of thioether (sulfide) groups is 1. The van der Waals surface area contributed by atoms with E-state index in [9.17, 15) is 4.79 Å². The van der Waals surface area contributed by atoms with Crippen molar-refractivity contribution >= 4 is 17.7 Å². The Bertz CT molecular complexity index is 482. The summed E-state index contributed by atoms with van der Waals surface area (Å²) in [5.41, 5.74) is 0.247. The fourth-order valence-electron chi connectivity index (χ4n) is 1.16. The third kappa shape index (κ3) is 2.64. The molecule has 0 atom stereocenters. The number of nitrogens with zero attached hydrogens (tertiary/aromatic N) is 1. The molecule has 5 heteroatoms. The van der Waals surface area contributed by atoms with Gasteiger partial charge in [0.15, 0.2) is 0 Å². The first-order valence-electron chi connectivity index (χ1n) is 4.60. The summed E-state index contributed by atoms with van der Waals surface area (Å²) in [7, 11) is 0. The van der Waals surface area contributed by atoms with Crippen LogP contribution in [0.1, 0.15) is 16.1 Å². The average molecular weight is 235 g/mol. The van der Waals surface area contributed by atoms with Gasteiger partial charge in [-0.15, -0.1) is 0 Å². The topological polar surface area (TPSA) is 63.3 Å². The van der Waals surface area contributed by atoms with Crippen LogP contribution in [0, 0.1) is 0 Å². The Morgan fingerprint density at radius 3 is 3.06 bits per heavy atom. The van der Waals surface area contributed by atoms with Gasteiger partial charge < -0.3 is 9.52 Å². The van der Waals surface area contributed by atoms with E-state index in [1.807, 2.05) is 12.1 Å². The molecule has 0 amide bonds. The second-order valence-electron chi connectivity index (χ2n) is 3.06. The Hall–Kier alpha value is -1.75. The highest BCUT2D eigenvalue weighted by molar-refractivity contribution is 7.98. The van der Waals surface area contributed by atoms with E-state index < -0.39 is 5.97 Å². The molecule has 1 N–H and O–H groups in total. The third-order valence-electron chi connectivity index (χ3n) is 1.92. The molecule has 0 aliphatic carbocycles. The normalized spacial score (nSPS) is 10.2. The number of pyridine rings is 1. The molecule has 4 nitrogen and oxygen atoms in total. The smallest absolute Gasteiger partial charge is 0.335 e. The summed E-state index contributed by atoms with van der Waals surface area (Å²) in [6.07, 6.45) is 3.10. The van der Waals surface area contributed by atoms with Crippen molar-refractivity contribution in [2.24, 2.45) is 0 Å². The summed E-state index contributed by atoms with van der Waals surface area (Å²) in [5.74, 6) is 0.540. The number of rotatable bonds is 4. The Balaban J connectivity index is 2.04. The van der Waals surface area contributed by atoms with Crippen molar-refractivity contribution in [3.63, 3.8) is 0 Å². The number of hydrogen-bond acceptors (Lipinski definition) is 4. The SMILES string of the molecule is O=C(O)c1ccnc(SCc2ccco2)c1. The number of furan rings is 1. The van der Waals surface area contributed by atoms with Gasteiger partial charge in [0.2, 0.25) is 0 Å². The molecule has 0 saturated carbocycles. The Morgan fingerprint density at radius 2 is 2.38 bits per heavy atom. The first-order chi connectivity index (χ1) is 7.75. The summed E-state index contributed by atoms with van der Waals surface area (Å²) < 4.78 is 5.17. The zero-order valence-corrected chi connectivity index (χ0v) is 9.11. The molecule has 0 bridgehead atoms. The number of aromatic carboxylic acids is 1. The van der Waals surface area contributed by atoms with E-state index in [1.165, 1.54) is 24.0 Å². The Kier molecular flexibility index (Phi) is 3.26. The quantitative estimate of drug-likeness (QED) is 0.825. The highest BCUT2D eigenvalue weighted by Gasteiger charge is 2.05. The van der Waals surface area contributed by atoms with Gasteiger partial charge in [-0.2, -0.15) is 0 Å². The largest absolute Gasteiger partial charge is 0.478 e. The molecule has 82 valence electrons. The molecular formula is C11H9NO3S. The van der Waals surface area contributed by atoms with Crippen LogP contribution in [0.25, 0.3) is 0 Å². The molecule has 0 spiro atoms. The number of hydrogen-bond donors (Lipinski definition) is 1. The molecule has 0 aromatic carbocycles. The van der Waals surface area contributed by atoms with Crippen LogP contribution in [0.4, 0.5) is 0 Å². The fraction of sp³-hybridized carbons (Fsp3) is 0.0909. The highest BCUT2D eigenvalue weighted by Crippen LogP contribution is 2.21. The highest BCUT2D eigenvalue weighted by atomic mass is 32.2. The van der Waals surface area contributed by atoms with E-state index in [0.717, 1.165) is 5.76 Å².